The standard InChI is InChI=1S/C11H21NOSi/c1-14(2,9-5-8-12-10-13)11-6-3-4-7-11/h11H,3-9H2,1-2H3. The summed E-state index contributed by atoms with van der Waals surface area (Å²) < 4.78 is 0. The number of aliphatic imine (C=N–C) groups is 1. The number of rotatable bonds is 5. The highest BCUT2D eigenvalue weighted by atomic mass is 28.3. The Hall–Kier alpha value is -0.403. The van der Waals surface area contributed by atoms with Gasteiger partial charge in [0, 0.05) is 0 Å². The van der Waals surface area contributed by atoms with Crippen LogP contribution in [0.25, 0.3) is 0 Å². The van der Waals surface area contributed by atoms with Gasteiger partial charge in [-0.05, 0) is 12.0 Å². The van der Waals surface area contributed by atoms with Crippen molar-refractivity contribution in [1.82, 2.24) is 0 Å². The summed E-state index contributed by atoms with van der Waals surface area (Å²) >= 11 is 0. The summed E-state index contributed by atoms with van der Waals surface area (Å²) in [5.41, 5.74) is 1.03. The molecule has 1 rings (SSSR count). The van der Waals surface area contributed by atoms with E-state index in [2.05, 4.69) is 18.1 Å². The topological polar surface area (TPSA) is 29.4 Å². The fourth-order valence-electron chi connectivity index (χ4n) is 2.57. The van der Waals surface area contributed by atoms with Gasteiger partial charge in [0.1, 0.15) is 0 Å². The van der Waals surface area contributed by atoms with Crippen molar-refractivity contribution in [3.05, 3.63) is 0 Å². The van der Waals surface area contributed by atoms with Crippen LogP contribution in [0.3, 0.4) is 0 Å². The van der Waals surface area contributed by atoms with Crippen LogP contribution in [0.1, 0.15) is 32.1 Å². The molecule has 0 radical (unpaired) electrons. The van der Waals surface area contributed by atoms with E-state index >= 15 is 0 Å². The molecular weight excluding hydrogens is 190 g/mol. The van der Waals surface area contributed by atoms with Crippen molar-refractivity contribution in [1.29, 1.82) is 0 Å². The molecule has 1 fully saturated rings. The van der Waals surface area contributed by atoms with E-state index in [9.17, 15) is 4.79 Å². The average molecular weight is 211 g/mol. The third-order valence-corrected chi connectivity index (χ3v) is 8.05. The van der Waals surface area contributed by atoms with Crippen LogP contribution in [0.5, 0.6) is 0 Å². The molecule has 1 aliphatic carbocycles. The monoisotopic (exact) mass is 211 g/mol. The molecule has 0 amide bonds. The van der Waals surface area contributed by atoms with Crippen molar-refractivity contribution >= 4 is 14.2 Å². The maximum absolute atomic E-state index is 9.91. The number of nitrogens with zero attached hydrogens (tertiary/aromatic N) is 1. The maximum Gasteiger partial charge on any atom is 0.234 e. The maximum atomic E-state index is 9.91. The van der Waals surface area contributed by atoms with Crippen LogP contribution in [0.2, 0.25) is 24.7 Å². The van der Waals surface area contributed by atoms with Gasteiger partial charge in [-0.1, -0.05) is 44.8 Å². The van der Waals surface area contributed by atoms with Crippen LogP contribution >= 0.6 is 0 Å². The molecule has 0 heterocycles. The Morgan fingerprint density at radius 2 is 2.00 bits per heavy atom. The van der Waals surface area contributed by atoms with E-state index in [-0.39, 0.29) is 0 Å². The first-order chi connectivity index (χ1) is 6.67. The minimum atomic E-state index is -1.01. The highest BCUT2D eigenvalue weighted by molar-refractivity contribution is 6.78. The van der Waals surface area contributed by atoms with E-state index in [0.717, 1.165) is 12.0 Å². The Kier molecular flexibility index (Phi) is 4.56. The highest BCUT2D eigenvalue weighted by Gasteiger charge is 2.32. The molecule has 3 heteroatoms. The molecule has 2 nitrogen and oxygen atoms in total. The lowest BCUT2D eigenvalue weighted by Crippen LogP contribution is -2.30. The Labute approximate surface area is 87.8 Å². The molecule has 0 aromatic rings. The fourth-order valence-corrected chi connectivity index (χ4v) is 6.02. The molecule has 80 valence electrons. The minimum Gasteiger partial charge on any atom is -0.211 e. The zero-order chi connectivity index (χ0) is 10.4. The summed E-state index contributed by atoms with van der Waals surface area (Å²) in [4.78, 5) is 13.5. The summed E-state index contributed by atoms with van der Waals surface area (Å²) in [7, 11) is -1.01. The van der Waals surface area contributed by atoms with Crippen molar-refractivity contribution in [2.45, 2.75) is 56.8 Å². The number of hydrogen-bond donors (Lipinski definition) is 0. The molecule has 0 saturated heterocycles. The number of isocyanates is 1. The van der Waals surface area contributed by atoms with Gasteiger partial charge in [0.15, 0.2) is 0 Å². The number of hydrogen-bond acceptors (Lipinski definition) is 2. The zero-order valence-corrected chi connectivity index (χ0v) is 10.4. The zero-order valence-electron chi connectivity index (χ0n) is 9.38. The van der Waals surface area contributed by atoms with E-state index in [0.29, 0.717) is 6.54 Å². The van der Waals surface area contributed by atoms with Gasteiger partial charge in [-0.2, -0.15) is 0 Å². The molecule has 14 heavy (non-hydrogen) atoms. The van der Waals surface area contributed by atoms with E-state index in [4.69, 9.17) is 0 Å². The van der Waals surface area contributed by atoms with Gasteiger partial charge in [-0.15, -0.1) is 0 Å². The second kappa shape index (κ2) is 5.47. The van der Waals surface area contributed by atoms with Gasteiger partial charge in [0.05, 0.1) is 14.6 Å². The predicted octanol–water partition coefficient (Wildman–Crippen LogP) is 3.36. The van der Waals surface area contributed by atoms with Gasteiger partial charge in [0.2, 0.25) is 6.08 Å². The van der Waals surface area contributed by atoms with Crippen molar-refractivity contribution in [3.8, 4) is 0 Å². The molecule has 0 spiro atoms. The molecule has 1 saturated carbocycles. The van der Waals surface area contributed by atoms with Gasteiger partial charge in [-0.25, -0.2) is 9.79 Å². The Morgan fingerprint density at radius 1 is 1.36 bits per heavy atom. The van der Waals surface area contributed by atoms with Gasteiger partial charge < -0.3 is 0 Å². The van der Waals surface area contributed by atoms with Crippen molar-refractivity contribution in [3.63, 3.8) is 0 Å². The lowest BCUT2D eigenvalue weighted by molar-refractivity contribution is 0.562. The van der Waals surface area contributed by atoms with Gasteiger partial charge >= 0.3 is 0 Å². The summed E-state index contributed by atoms with van der Waals surface area (Å²) in [6.45, 7) is 5.67. The van der Waals surface area contributed by atoms with Crippen molar-refractivity contribution in [2.75, 3.05) is 6.54 Å². The second-order valence-electron chi connectivity index (χ2n) is 5.05. The summed E-state index contributed by atoms with van der Waals surface area (Å²) in [6.07, 6.45) is 8.49. The molecule has 0 N–H and O–H groups in total. The Bertz CT molecular complexity index is 215. The molecule has 0 aromatic heterocycles. The minimum absolute atomic E-state index is 0.687. The van der Waals surface area contributed by atoms with Crippen LogP contribution in [-0.2, 0) is 4.79 Å². The van der Waals surface area contributed by atoms with Gasteiger partial charge in [0.25, 0.3) is 0 Å². The van der Waals surface area contributed by atoms with E-state index < -0.39 is 8.07 Å². The normalized spacial score (nSPS) is 18.1. The van der Waals surface area contributed by atoms with E-state index in [1.165, 1.54) is 31.7 Å². The van der Waals surface area contributed by atoms with Crippen LogP contribution < -0.4 is 0 Å². The first-order valence-electron chi connectivity index (χ1n) is 5.70. The smallest absolute Gasteiger partial charge is 0.211 e. The molecule has 0 aromatic carbocycles. The third kappa shape index (κ3) is 3.39. The lowest BCUT2D eigenvalue weighted by Gasteiger charge is -2.29. The molecular formula is C11H21NOSi. The molecule has 0 unspecified atom stereocenters. The highest BCUT2D eigenvalue weighted by Crippen LogP contribution is 2.40. The summed E-state index contributed by atoms with van der Waals surface area (Å²) in [5.74, 6) is 0. The summed E-state index contributed by atoms with van der Waals surface area (Å²) in [5, 5.41) is 0. The van der Waals surface area contributed by atoms with Crippen molar-refractivity contribution < 1.29 is 4.79 Å². The second-order valence-corrected chi connectivity index (χ2v) is 10.3. The largest absolute Gasteiger partial charge is 0.234 e. The molecule has 0 atom stereocenters. The first-order valence-corrected chi connectivity index (χ1v) is 8.99. The first kappa shape index (κ1) is 11.7. The molecule has 0 bridgehead atoms. The average Bonchev–Trinajstić information content (AvgIpc) is 2.65. The molecule has 0 aliphatic heterocycles. The van der Waals surface area contributed by atoms with Gasteiger partial charge in [-0.3, -0.25) is 0 Å². The van der Waals surface area contributed by atoms with Crippen LogP contribution in [0.15, 0.2) is 4.99 Å². The predicted molar refractivity (Wildman–Crippen MR) is 62.1 cm³/mol. The summed E-state index contributed by atoms with van der Waals surface area (Å²) in [6, 6.07) is 1.32. The SMILES string of the molecule is C[Si](C)(CCCN=C=O)C1CCCC1. The van der Waals surface area contributed by atoms with Crippen LogP contribution in [0, 0.1) is 0 Å². The molecule has 1 aliphatic rings. The van der Waals surface area contributed by atoms with E-state index in [1.54, 1.807) is 6.08 Å². The Balaban J connectivity index is 2.28. The fraction of sp³-hybridized carbons (Fsp3) is 0.909. The number of carbonyl (C=O) groups excluding carboxylic acids is 1. The quantitative estimate of drug-likeness (QED) is 0.297. The van der Waals surface area contributed by atoms with Crippen LogP contribution in [-0.4, -0.2) is 20.7 Å². The van der Waals surface area contributed by atoms with Crippen molar-refractivity contribution in [2.24, 2.45) is 4.99 Å². The third-order valence-electron chi connectivity index (χ3n) is 3.62. The van der Waals surface area contributed by atoms with Crippen LogP contribution in [0.4, 0.5) is 0 Å². The van der Waals surface area contributed by atoms with E-state index in [1.807, 2.05) is 0 Å². The lowest BCUT2D eigenvalue weighted by atomic mass is 10.4. The Morgan fingerprint density at radius 3 is 2.57 bits per heavy atom.